The zero-order valence-corrected chi connectivity index (χ0v) is 17.2. The maximum atomic E-state index is 5.19. The van der Waals surface area contributed by atoms with Crippen molar-refractivity contribution in [2.75, 3.05) is 14.2 Å². The molecule has 17 heavy (non-hydrogen) atoms. The van der Waals surface area contributed by atoms with Crippen LogP contribution in [0.5, 0.6) is 0 Å². The summed E-state index contributed by atoms with van der Waals surface area (Å²) in [7, 11) is 3.63. The standard InChI is InChI=1S/2C7H14O.Hg/c2*1-8-7-5-3-2-4-6-7;/h2*7H,2-6H2,1H3;. The van der Waals surface area contributed by atoms with Crippen LogP contribution in [0.2, 0.25) is 0 Å². The molecular weight excluding hydrogens is 401 g/mol. The average molecular weight is 429 g/mol. The molecule has 0 saturated heterocycles. The summed E-state index contributed by atoms with van der Waals surface area (Å²) >= 11 is 0. The summed E-state index contributed by atoms with van der Waals surface area (Å²) < 4.78 is 10.4. The Labute approximate surface area is 127 Å². The van der Waals surface area contributed by atoms with Gasteiger partial charge < -0.3 is 9.47 Å². The third-order valence-corrected chi connectivity index (χ3v) is 3.77. The molecule has 0 radical (unpaired) electrons. The predicted octanol–water partition coefficient (Wildman–Crippen LogP) is 3.93. The van der Waals surface area contributed by atoms with Gasteiger partial charge in [-0.15, -0.1) is 0 Å². The van der Waals surface area contributed by atoms with Crippen molar-refractivity contribution < 1.29 is 37.1 Å². The number of rotatable bonds is 2. The van der Waals surface area contributed by atoms with E-state index in [0.29, 0.717) is 12.2 Å². The molecule has 0 unspecified atom stereocenters. The fourth-order valence-corrected chi connectivity index (χ4v) is 2.60. The second-order valence-electron chi connectivity index (χ2n) is 4.99. The molecule has 0 N–H and O–H groups in total. The van der Waals surface area contributed by atoms with E-state index in [4.69, 9.17) is 9.47 Å². The van der Waals surface area contributed by atoms with Gasteiger partial charge in [-0.25, -0.2) is 0 Å². The van der Waals surface area contributed by atoms with Crippen molar-refractivity contribution >= 4 is 0 Å². The van der Waals surface area contributed by atoms with Crippen molar-refractivity contribution in [3.8, 4) is 0 Å². The maximum Gasteiger partial charge on any atom is 0.0571 e. The molecule has 0 bridgehead atoms. The summed E-state index contributed by atoms with van der Waals surface area (Å²) in [6, 6.07) is 0. The van der Waals surface area contributed by atoms with Gasteiger partial charge in [-0.3, -0.25) is 0 Å². The van der Waals surface area contributed by atoms with E-state index in [-0.39, 0.29) is 27.7 Å². The van der Waals surface area contributed by atoms with E-state index in [2.05, 4.69) is 0 Å². The van der Waals surface area contributed by atoms with E-state index < -0.39 is 0 Å². The number of hydrogen-bond donors (Lipinski definition) is 0. The molecule has 0 aromatic carbocycles. The second-order valence-corrected chi connectivity index (χ2v) is 4.99. The van der Waals surface area contributed by atoms with E-state index >= 15 is 0 Å². The van der Waals surface area contributed by atoms with Crippen LogP contribution in [-0.2, 0) is 37.1 Å². The van der Waals surface area contributed by atoms with Gasteiger partial charge in [0.1, 0.15) is 0 Å². The quantitative estimate of drug-likeness (QED) is 0.620. The first kappa shape index (κ1) is 17.9. The van der Waals surface area contributed by atoms with Crippen LogP contribution in [0.3, 0.4) is 0 Å². The van der Waals surface area contributed by atoms with E-state index in [1.54, 1.807) is 0 Å². The van der Waals surface area contributed by atoms with Crippen LogP contribution in [0, 0.1) is 0 Å². The van der Waals surface area contributed by atoms with Crippen molar-refractivity contribution in [3.63, 3.8) is 0 Å². The SMILES string of the molecule is COC1CCCCC1.COC1CCCCC1.[Hg]. The van der Waals surface area contributed by atoms with Gasteiger partial charge in [-0.2, -0.15) is 0 Å². The number of hydrogen-bond acceptors (Lipinski definition) is 2. The summed E-state index contributed by atoms with van der Waals surface area (Å²) in [5.41, 5.74) is 0. The Morgan fingerprint density at radius 1 is 0.588 bits per heavy atom. The third kappa shape index (κ3) is 8.55. The molecule has 0 aromatic heterocycles. The van der Waals surface area contributed by atoms with Crippen LogP contribution in [0.1, 0.15) is 64.2 Å². The molecule has 2 aliphatic rings. The Bertz CT molecular complexity index is 134. The average Bonchev–Trinajstić information content (AvgIpc) is 2.41. The summed E-state index contributed by atoms with van der Waals surface area (Å²) in [4.78, 5) is 0. The van der Waals surface area contributed by atoms with E-state index in [9.17, 15) is 0 Å². The Hall–Kier alpha value is 0.855. The Morgan fingerprint density at radius 3 is 1.06 bits per heavy atom. The smallest absolute Gasteiger partial charge is 0.0571 e. The summed E-state index contributed by atoms with van der Waals surface area (Å²) in [5.74, 6) is 0. The van der Waals surface area contributed by atoms with Crippen molar-refractivity contribution in [3.05, 3.63) is 0 Å². The van der Waals surface area contributed by atoms with Gasteiger partial charge in [0.2, 0.25) is 0 Å². The molecular formula is C14H28HgO2. The molecule has 2 saturated carbocycles. The van der Waals surface area contributed by atoms with Gasteiger partial charge in [-0.05, 0) is 25.7 Å². The number of methoxy groups -OCH3 is 2. The molecule has 3 heteroatoms. The fraction of sp³-hybridized carbons (Fsp3) is 1.00. The molecule has 2 aliphatic carbocycles. The van der Waals surface area contributed by atoms with Crippen LogP contribution in [0.4, 0.5) is 0 Å². The molecule has 0 heterocycles. The minimum atomic E-state index is 0. The number of ether oxygens (including phenoxy) is 2. The third-order valence-electron chi connectivity index (χ3n) is 3.77. The Kier molecular flexibility index (Phi) is 12.5. The van der Waals surface area contributed by atoms with Crippen molar-refractivity contribution in [2.45, 2.75) is 76.4 Å². The summed E-state index contributed by atoms with van der Waals surface area (Å²) in [5, 5.41) is 0. The van der Waals surface area contributed by atoms with Crippen molar-refractivity contribution in [1.29, 1.82) is 0 Å². The molecule has 0 aliphatic heterocycles. The first-order valence-corrected chi connectivity index (χ1v) is 6.92. The molecule has 2 nitrogen and oxygen atoms in total. The molecule has 0 amide bonds. The van der Waals surface area contributed by atoms with Crippen LogP contribution in [0.15, 0.2) is 0 Å². The molecule has 98 valence electrons. The molecule has 0 aromatic rings. The van der Waals surface area contributed by atoms with Crippen LogP contribution < -0.4 is 0 Å². The Morgan fingerprint density at radius 2 is 0.882 bits per heavy atom. The Balaban J connectivity index is 0.000000284. The van der Waals surface area contributed by atoms with Gasteiger partial charge in [0.15, 0.2) is 0 Å². The molecule has 2 fully saturated rings. The van der Waals surface area contributed by atoms with Crippen molar-refractivity contribution in [1.82, 2.24) is 0 Å². The topological polar surface area (TPSA) is 18.5 Å². The van der Waals surface area contributed by atoms with E-state index in [0.717, 1.165) is 0 Å². The minimum absolute atomic E-state index is 0. The van der Waals surface area contributed by atoms with Gasteiger partial charge in [0, 0.05) is 41.9 Å². The molecule has 2 rings (SSSR count). The normalized spacial score (nSPS) is 22.2. The van der Waals surface area contributed by atoms with Gasteiger partial charge in [0.05, 0.1) is 12.2 Å². The van der Waals surface area contributed by atoms with E-state index in [1.807, 2.05) is 14.2 Å². The monoisotopic (exact) mass is 430 g/mol. The minimum Gasteiger partial charge on any atom is -0.381 e. The van der Waals surface area contributed by atoms with Crippen LogP contribution in [-0.4, -0.2) is 26.4 Å². The van der Waals surface area contributed by atoms with Crippen LogP contribution >= 0.6 is 0 Å². The summed E-state index contributed by atoms with van der Waals surface area (Å²) in [6.45, 7) is 0. The fourth-order valence-electron chi connectivity index (χ4n) is 2.60. The predicted molar refractivity (Wildman–Crippen MR) is 67.8 cm³/mol. The second kappa shape index (κ2) is 11.9. The summed E-state index contributed by atoms with van der Waals surface area (Å²) in [6.07, 6.45) is 14.7. The van der Waals surface area contributed by atoms with Gasteiger partial charge >= 0.3 is 0 Å². The maximum absolute atomic E-state index is 5.19. The van der Waals surface area contributed by atoms with Gasteiger partial charge in [-0.1, -0.05) is 38.5 Å². The zero-order chi connectivity index (χ0) is 11.6. The molecule has 0 atom stereocenters. The molecule has 0 spiro atoms. The first-order chi connectivity index (χ1) is 7.86. The largest absolute Gasteiger partial charge is 0.381 e. The van der Waals surface area contributed by atoms with E-state index in [1.165, 1.54) is 64.2 Å². The van der Waals surface area contributed by atoms with Gasteiger partial charge in [0.25, 0.3) is 0 Å². The first-order valence-electron chi connectivity index (χ1n) is 6.92. The zero-order valence-electron chi connectivity index (χ0n) is 11.7. The van der Waals surface area contributed by atoms with Crippen molar-refractivity contribution in [2.24, 2.45) is 0 Å². The van der Waals surface area contributed by atoms with Crippen LogP contribution in [0.25, 0.3) is 0 Å².